The summed E-state index contributed by atoms with van der Waals surface area (Å²) in [5.74, 6) is 0. The fourth-order valence-corrected chi connectivity index (χ4v) is 3.05. The van der Waals surface area contributed by atoms with Crippen LogP contribution in [0.1, 0.15) is 90.5 Å². The summed E-state index contributed by atoms with van der Waals surface area (Å²) in [7, 11) is 0. The van der Waals surface area contributed by atoms with Gasteiger partial charge in [-0.15, -0.1) is 0 Å². The first-order valence-corrected chi connectivity index (χ1v) is 8.63. The fraction of sp³-hybridized carbons (Fsp3) is 0.737. The Labute approximate surface area is 126 Å². The Kier molecular flexibility index (Phi) is 8.57. The van der Waals surface area contributed by atoms with E-state index in [0.717, 1.165) is 0 Å². The van der Waals surface area contributed by atoms with E-state index in [4.69, 9.17) is 0 Å². The van der Waals surface area contributed by atoms with Crippen LogP contribution < -0.4 is 0 Å². The molecule has 0 aliphatic rings. The van der Waals surface area contributed by atoms with E-state index in [1.54, 1.807) is 0 Å². The standard InChI is InChI=1S/C19H33N/c1-4-6-8-9-11-15-19(3,14-10-7-5-2)18-12-16-20-17-13-18/h12-13,16-17H,4-11,14-15H2,1-3H3. The molecule has 0 saturated carbocycles. The number of unbranched alkanes of at least 4 members (excludes halogenated alkanes) is 6. The van der Waals surface area contributed by atoms with E-state index in [1.807, 2.05) is 12.4 Å². The summed E-state index contributed by atoms with van der Waals surface area (Å²) in [6.45, 7) is 7.03. The predicted molar refractivity (Wildman–Crippen MR) is 89.1 cm³/mol. The number of nitrogens with zero attached hydrogens (tertiary/aromatic N) is 1. The van der Waals surface area contributed by atoms with Gasteiger partial charge >= 0.3 is 0 Å². The highest BCUT2D eigenvalue weighted by Crippen LogP contribution is 2.35. The van der Waals surface area contributed by atoms with Gasteiger partial charge in [-0.05, 0) is 36.0 Å². The summed E-state index contributed by atoms with van der Waals surface area (Å²) in [5.41, 5.74) is 1.84. The summed E-state index contributed by atoms with van der Waals surface area (Å²) < 4.78 is 0. The molecule has 1 atom stereocenters. The van der Waals surface area contributed by atoms with Gasteiger partial charge in [0.2, 0.25) is 0 Å². The maximum Gasteiger partial charge on any atom is 0.0270 e. The van der Waals surface area contributed by atoms with Crippen molar-refractivity contribution in [3.8, 4) is 0 Å². The summed E-state index contributed by atoms with van der Waals surface area (Å²) in [6, 6.07) is 4.44. The third kappa shape index (κ3) is 6.07. The van der Waals surface area contributed by atoms with Crippen molar-refractivity contribution in [1.29, 1.82) is 0 Å². The predicted octanol–water partition coefficient (Wildman–Crippen LogP) is 6.28. The number of hydrogen-bond acceptors (Lipinski definition) is 1. The highest BCUT2D eigenvalue weighted by molar-refractivity contribution is 5.21. The largest absolute Gasteiger partial charge is 0.265 e. The average molecular weight is 275 g/mol. The van der Waals surface area contributed by atoms with Crippen molar-refractivity contribution in [3.63, 3.8) is 0 Å². The molecule has 0 aliphatic carbocycles. The minimum absolute atomic E-state index is 0.352. The summed E-state index contributed by atoms with van der Waals surface area (Å²) in [6.07, 6.45) is 17.4. The van der Waals surface area contributed by atoms with Gasteiger partial charge in [0.05, 0.1) is 0 Å². The first-order valence-electron chi connectivity index (χ1n) is 8.63. The highest BCUT2D eigenvalue weighted by atomic mass is 14.6. The Morgan fingerprint density at radius 1 is 0.800 bits per heavy atom. The highest BCUT2D eigenvalue weighted by Gasteiger charge is 2.25. The molecule has 0 N–H and O–H groups in total. The van der Waals surface area contributed by atoms with E-state index >= 15 is 0 Å². The molecule has 1 nitrogen and oxygen atoms in total. The maximum atomic E-state index is 4.18. The van der Waals surface area contributed by atoms with E-state index in [0.29, 0.717) is 5.41 Å². The SMILES string of the molecule is CCCCCCCC(C)(CCCCC)c1ccncc1. The van der Waals surface area contributed by atoms with Crippen molar-refractivity contribution in [1.82, 2.24) is 4.98 Å². The molecular weight excluding hydrogens is 242 g/mol. The molecule has 1 heteroatoms. The van der Waals surface area contributed by atoms with E-state index in [9.17, 15) is 0 Å². The zero-order chi connectivity index (χ0) is 14.7. The summed E-state index contributed by atoms with van der Waals surface area (Å²) in [5, 5.41) is 0. The molecule has 0 fully saturated rings. The van der Waals surface area contributed by atoms with Crippen LogP contribution >= 0.6 is 0 Å². The van der Waals surface area contributed by atoms with Crippen LogP contribution in [0.3, 0.4) is 0 Å². The molecule has 0 bridgehead atoms. The second kappa shape index (κ2) is 9.96. The minimum Gasteiger partial charge on any atom is -0.265 e. The van der Waals surface area contributed by atoms with Gasteiger partial charge in [-0.2, -0.15) is 0 Å². The van der Waals surface area contributed by atoms with Gasteiger partial charge in [-0.3, -0.25) is 4.98 Å². The van der Waals surface area contributed by atoms with Crippen LogP contribution in [-0.4, -0.2) is 4.98 Å². The van der Waals surface area contributed by atoms with Crippen LogP contribution in [-0.2, 0) is 5.41 Å². The van der Waals surface area contributed by atoms with Gasteiger partial charge in [-0.1, -0.05) is 72.1 Å². The molecular formula is C19H33N. The number of aromatic nitrogens is 1. The van der Waals surface area contributed by atoms with Crippen molar-refractivity contribution in [2.45, 2.75) is 90.4 Å². The summed E-state index contributed by atoms with van der Waals surface area (Å²) >= 11 is 0. The van der Waals surface area contributed by atoms with E-state index in [1.165, 1.54) is 69.8 Å². The van der Waals surface area contributed by atoms with Crippen molar-refractivity contribution in [2.24, 2.45) is 0 Å². The van der Waals surface area contributed by atoms with Crippen LogP contribution in [0.25, 0.3) is 0 Å². The topological polar surface area (TPSA) is 12.9 Å². The normalized spacial score (nSPS) is 14.2. The Hall–Kier alpha value is -0.850. The molecule has 0 aliphatic heterocycles. The Balaban J connectivity index is 2.55. The monoisotopic (exact) mass is 275 g/mol. The van der Waals surface area contributed by atoms with Crippen LogP contribution in [0.2, 0.25) is 0 Å². The molecule has 0 amide bonds. The average Bonchev–Trinajstić information content (AvgIpc) is 2.48. The zero-order valence-electron chi connectivity index (χ0n) is 13.8. The molecule has 0 aromatic carbocycles. The number of pyridine rings is 1. The molecule has 0 spiro atoms. The van der Waals surface area contributed by atoms with Gasteiger partial charge in [0, 0.05) is 12.4 Å². The van der Waals surface area contributed by atoms with E-state index in [-0.39, 0.29) is 0 Å². The van der Waals surface area contributed by atoms with Crippen molar-refractivity contribution < 1.29 is 0 Å². The fourth-order valence-electron chi connectivity index (χ4n) is 3.05. The minimum atomic E-state index is 0.352. The lowest BCUT2D eigenvalue weighted by Gasteiger charge is -2.30. The number of hydrogen-bond donors (Lipinski definition) is 0. The molecule has 1 aromatic rings. The molecule has 1 heterocycles. The van der Waals surface area contributed by atoms with Crippen molar-refractivity contribution in [3.05, 3.63) is 30.1 Å². The lowest BCUT2D eigenvalue weighted by molar-refractivity contribution is 0.365. The van der Waals surface area contributed by atoms with Gasteiger partial charge in [0.25, 0.3) is 0 Å². The molecule has 114 valence electrons. The van der Waals surface area contributed by atoms with Crippen molar-refractivity contribution in [2.75, 3.05) is 0 Å². The van der Waals surface area contributed by atoms with E-state index < -0.39 is 0 Å². The van der Waals surface area contributed by atoms with Crippen LogP contribution in [0.15, 0.2) is 24.5 Å². The van der Waals surface area contributed by atoms with Crippen molar-refractivity contribution >= 4 is 0 Å². The molecule has 1 rings (SSSR count). The third-order valence-electron chi connectivity index (χ3n) is 4.54. The lowest BCUT2D eigenvalue weighted by atomic mass is 9.74. The molecule has 1 aromatic heterocycles. The van der Waals surface area contributed by atoms with Gasteiger partial charge < -0.3 is 0 Å². The van der Waals surface area contributed by atoms with Gasteiger partial charge in [-0.25, -0.2) is 0 Å². The van der Waals surface area contributed by atoms with Gasteiger partial charge in [0.15, 0.2) is 0 Å². The van der Waals surface area contributed by atoms with Crippen LogP contribution in [0.5, 0.6) is 0 Å². The molecule has 0 radical (unpaired) electrons. The maximum absolute atomic E-state index is 4.18. The Morgan fingerprint density at radius 3 is 1.90 bits per heavy atom. The summed E-state index contributed by atoms with van der Waals surface area (Å²) in [4.78, 5) is 4.18. The quantitative estimate of drug-likeness (QED) is 0.433. The van der Waals surface area contributed by atoms with Gasteiger partial charge in [0.1, 0.15) is 0 Å². The second-order valence-corrected chi connectivity index (χ2v) is 6.42. The zero-order valence-corrected chi connectivity index (χ0v) is 13.8. The first kappa shape index (κ1) is 17.2. The molecule has 1 unspecified atom stereocenters. The van der Waals surface area contributed by atoms with Crippen LogP contribution in [0, 0.1) is 0 Å². The lowest BCUT2D eigenvalue weighted by Crippen LogP contribution is -2.22. The smallest absolute Gasteiger partial charge is 0.0270 e. The van der Waals surface area contributed by atoms with E-state index in [2.05, 4.69) is 37.9 Å². The van der Waals surface area contributed by atoms with Crippen LogP contribution in [0.4, 0.5) is 0 Å². The first-order chi connectivity index (χ1) is 9.73. The number of rotatable bonds is 11. The third-order valence-corrected chi connectivity index (χ3v) is 4.54. The molecule has 20 heavy (non-hydrogen) atoms. The Bertz CT molecular complexity index is 333. The Morgan fingerprint density at radius 2 is 1.30 bits per heavy atom. The molecule has 0 saturated heterocycles. The second-order valence-electron chi connectivity index (χ2n) is 6.42.